The van der Waals surface area contributed by atoms with E-state index in [1.165, 1.54) is 4.90 Å². The van der Waals surface area contributed by atoms with E-state index in [0.29, 0.717) is 22.9 Å². The number of nitrogens with zero attached hydrogens (tertiary/aromatic N) is 2. The van der Waals surface area contributed by atoms with Crippen molar-refractivity contribution in [1.82, 2.24) is 15.2 Å². The van der Waals surface area contributed by atoms with Crippen molar-refractivity contribution in [2.45, 2.75) is 13.5 Å². The van der Waals surface area contributed by atoms with Crippen LogP contribution in [0.15, 0.2) is 36.5 Å². The number of carbonyl (C=O) groups excluding carboxylic acids is 2. The standard InChI is InChI=1S/C17H19ClN4O2/c1-11-8-13(5-6-14(11)16(23)22(2)3)21-17(24)20-10-12-4-7-15(18)19-9-12/h4-9H,10H2,1-3H3,(H2,20,21,24). The van der Waals surface area contributed by atoms with Crippen LogP contribution in [-0.2, 0) is 6.54 Å². The lowest BCUT2D eigenvalue weighted by atomic mass is 10.1. The third kappa shape index (κ3) is 4.70. The normalized spacial score (nSPS) is 10.2. The predicted molar refractivity (Wildman–Crippen MR) is 94.3 cm³/mol. The summed E-state index contributed by atoms with van der Waals surface area (Å²) in [5, 5.41) is 5.88. The van der Waals surface area contributed by atoms with E-state index in [9.17, 15) is 9.59 Å². The van der Waals surface area contributed by atoms with Gasteiger partial charge in [0.2, 0.25) is 0 Å². The molecule has 0 atom stereocenters. The van der Waals surface area contributed by atoms with E-state index in [0.717, 1.165) is 11.1 Å². The number of nitrogens with one attached hydrogen (secondary N) is 2. The van der Waals surface area contributed by atoms with Gasteiger partial charge in [-0.1, -0.05) is 17.7 Å². The average Bonchev–Trinajstić information content (AvgIpc) is 2.54. The third-order valence-electron chi connectivity index (χ3n) is 3.36. The molecular weight excluding hydrogens is 328 g/mol. The molecule has 3 amide bonds. The van der Waals surface area contributed by atoms with E-state index in [-0.39, 0.29) is 11.9 Å². The number of hydrogen-bond acceptors (Lipinski definition) is 3. The maximum Gasteiger partial charge on any atom is 0.319 e. The molecule has 0 aliphatic rings. The van der Waals surface area contributed by atoms with Gasteiger partial charge >= 0.3 is 6.03 Å². The molecule has 2 rings (SSSR count). The van der Waals surface area contributed by atoms with Gasteiger partial charge in [0, 0.05) is 38.1 Å². The Hall–Kier alpha value is -2.60. The third-order valence-corrected chi connectivity index (χ3v) is 3.59. The van der Waals surface area contributed by atoms with Gasteiger partial charge in [0.25, 0.3) is 5.91 Å². The Bertz CT molecular complexity index is 745. The lowest BCUT2D eigenvalue weighted by molar-refractivity contribution is 0.0827. The second kappa shape index (κ2) is 7.79. The quantitative estimate of drug-likeness (QED) is 0.835. The molecule has 6 nitrogen and oxygen atoms in total. The largest absolute Gasteiger partial charge is 0.345 e. The van der Waals surface area contributed by atoms with Crippen molar-refractivity contribution in [2.75, 3.05) is 19.4 Å². The number of hydrogen-bond donors (Lipinski definition) is 2. The molecule has 1 aromatic carbocycles. The molecule has 0 unspecified atom stereocenters. The molecule has 2 aromatic rings. The number of urea groups is 1. The van der Waals surface area contributed by atoms with E-state index >= 15 is 0 Å². The van der Waals surface area contributed by atoms with Gasteiger partial charge in [-0.2, -0.15) is 0 Å². The Morgan fingerprint density at radius 1 is 1.21 bits per heavy atom. The molecule has 0 spiro atoms. The van der Waals surface area contributed by atoms with Gasteiger partial charge in [0.05, 0.1) is 0 Å². The van der Waals surface area contributed by atoms with Crippen LogP contribution in [0.5, 0.6) is 0 Å². The fraction of sp³-hybridized carbons (Fsp3) is 0.235. The molecular formula is C17H19ClN4O2. The summed E-state index contributed by atoms with van der Waals surface area (Å²) < 4.78 is 0. The van der Waals surface area contributed by atoms with Crippen molar-refractivity contribution in [3.05, 3.63) is 58.4 Å². The topological polar surface area (TPSA) is 74.3 Å². The van der Waals surface area contributed by atoms with E-state index in [4.69, 9.17) is 11.6 Å². The SMILES string of the molecule is Cc1cc(NC(=O)NCc2ccc(Cl)nc2)ccc1C(=O)N(C)C. The van der Waals surface area contributed by atoms with Crippen molar-refractivity contribution in [2.24, 2.45) is 0 Å². The van der Waals surface area contributed by atoms with Gasteiger partial charge in [0.15, 0.2) is 0 Å². The number of aryl methyl sites for hydroxylation is 1. The number of carbonyl (C=O) groups is 2. The fourth-order valence-electron chi connectivity index (χ4n) is 2.09. The van der Waals surface area contributed by atoms with Crippen LogP contribution in [-0.4, -0.2) is 35.9 Å². The molecule has 126 valence electrons. The minimum Gasteiger partial charge on any atom is -0.345 e. The first-order valence-electron chi connectivity index (χ1n) is 7.34. The number of anilines is 1. The first-order valence-corrected chi connectivity index (χ1v) is 7.72. The van der Waals surface area contributed by atoms with Gasteiger partial charge in [-0.05, 0) is 42.3 Å². The Morgan fingerprint density at radius 3 is 2.54 bits per heavy atom. The summed E-state index contributed by atoms with van der Waals surface area (Å²) in [5.74, 6) is -0.0706. The second-order valence-electron chi connectivity index (χ2n) is 5.53. The molecule has 0 bridgehead atoms. The van der Waals surface area contributed by atoms with Gasteiger partial charge in [-0.15, -0.1) is 0 Å². The van der Waals surface area contributed by atoms with Gasteiger partial charge in [-0.25, -0.2) is 9.78 Å². The maximum atomic E-state index is 12.0. The minimum atomic E-state index is -0.337. The summed E-state index contributed by atoms with van der Waals surface area (Å²) in [5.41, 5.74) is 2.87. The van der Waals surface area contributed by atoms with E-state index in [2.05, 4.69) is 15.6 Å². The van der Waals surface area contributed by atoms with Gasteiger partial charge < -0.3 is 15.5 Å². The van der Waals surface area contributed by atoms with Crippen LogP contribution >= 0.6 is 11.6 Å². The van der Waals surface area contributed by atoms with Crippen LogP contribution in [0.1, 0.15) is 21.5 Å². The number of pyridine rings is 1. The predicted octanol–water partition coefficient (Wildman–Crippen LogP) is 3.07. The fourth-order valence-corrected chi connectivity index (χ4v) is 2.20. The monoisotopic (exact) mass is 346 g/mol. The number of amides is 3. The van der Waals surface area contributed by atoms with Crippen molar-refractivity contribution in [1.29, 1.82) is 0 Å². The molecule has 7 heteroatoms. The van der Waals surface area contributed by atoms with Crippen LogP contribution in [0.2, 0.25) is 5.15 Å². The van der Waals surface area contributed by atoms with E-state index in [1.807, 2.05) is 6.92 Å². The van der Waals surface area contributed by atoms with Crippen molar-refractivity contribution in [3.63, 3.8) is 0 Å². The molecule has 1 aromatic heterocycles. The molecule has 2 N–H and O–H groups in total. The van der Waals surface area contributed by atoms with Gasteiger partial charge in [-0.3, -0.25) is 4.79 Å². The van der Waals surface area contributed by atoms with Crippen molar-refractivity contribution >= 4 is 29.2 Å². The summed E-state index contributed by atoms with van der Waals surface area (Å²) in [6, 6.07) is 8.29. The van der Waals surface area contributed by atoms with Crippen LogP contribution in [0.4, 0.5) is 10.5 Å². The zero-order valence-electron chi connectivity index (χ0n) is 13.8. The second-order valence-corrected chi connectivity index (χ2v) is 5.91. The van der Waals surface area contributed by atoms with Crippen molar-refractivity contribution in [3.8, 4) is 0 Å². The molecule has 0 radical (unpaired) electrons. The van der Waals surface area contributed by atoms with Crippen LogP contribution in [0.3, 0.4) is 0 Å². The van der Waals surface area contributed by atoms with Crippen LogP contribution in [0, 0.1) is 6.92 Å². The summed E-state index contributed by atoms with van der Waals surface area (Å²) >= 11 is 5.71. The van der Waals surface area contributed by atoms with Crippen LogP contribution in [0.25, 0.3) is 0 Å². The number of aromatic nitrogens is 1. The molecule has 0 aliphatic heterocycles. The highest BCUT2D eigenvalue weighted by atomic mass is 35.5. The van der Waals surface area contributed by atoms with Gasteiger partial charge in [0.1, 0.15) is 5.15 Å². The molecule has 24 heavy (non-hydrogen) atoms. The lowest BCUT2D eigenvalue weighted by Gasteiger charge is -2.14. The highest BCUT2D eigenvalue weighted by Gasteiger charge is 2.12. The Labute approximate surface area is 145 Å². The van der Waals surface area contributed by atoms with Crippen LogP contribution < -0.4 is 10.6 Å². The first kappa shape index (κ1) is 17.7. The minimum absolute atomic E-state index is 0.0706. The molecule has 0 saturated heterocycles. The first-order chi connectivity index (χ1) is 11.4. The summed E-state index contributed by atoms with van der Waals surface area (Å²) in [6.07, 6.45) is 1.61. The zero-order valence-corrected chi connectivity index (χ0v) is 14.5. The van der Waals surface area contributed by atoms with Crippen molar-refractivity contribution < 1.29 is 9.59 Å². The zero-order chi connectivity index (χ0) is 17.7. The summed E-state index contributed by atoms with van der Waals surface area (Å²) in [4.78, 5) is 29.4. The number of rotatable bonds is 4. The highest BCUT2D eigenvalue weighted by Crippen LogP contribution is 2.16. The van der Waals surface area contributed by atoms with E-state index in [1.54, 1.807) is 50.6 Å². The molecule has 1 heterocycles. The lowest BCUT2D eigenvalue weighted by Crippen LogP contribution is -2.28. The smallest absolute Gasteiger partial charge is 0.319 e. The molecule has 0 aliphatic carbocycles. The molecule has 0 fully saturated rings. The summed E-state index contributed by atoms with van der Waals surface area (Å²) in [6.45, 7) is 2.17. The Morgan fingerprint density at radius 2 is 1.96 bits per heavy atom. The van der Waals surface area contributed by atoms with E-state index < -0.39 is 0 Å². The number of benzene rings is 1. The average molecular weight is 347 g/mol. The number of halogens is 1. The maximum absolute atomic E-state index is 12.0. The molecule has 0 saturated carbocycles. The highest BCUT2D eigenvalue weighted by molar-refractivity contribution is 6.29. The Balaban J connectivity index is 1.95. The Kier molecular flexibility index (Phi) is 5.76. The summed E-state index contributed by atoms with van der Waals surface area (Å²) in [7, 11) is 3.40.